The van der Waals surface area contributed by atoms with Crippen molar-refractivity contribution in [3.63, 3.8) is 0 Å². The Hall–Kier alpha value is -1.84. The Balaban J connectivity index is 2.71. The van der Waals surface area contributed by atoms with Crippen LogP contribution >= 0.6 is 0 Å². The summed E-state index contributed by atoms with van der Waals surface area (Å²) in [5.41, 5.74) is 1.60. The number of hydrogen-bond donors (Lipinski definition) is 0. The van der Waals surface area contributed by atoms with Crippen molar-refractivity contribution in [3.8, 4) is 0 Å². The zero-order valence-corrected chi connectivity index (χ0v) is 9.64. The number of aromatic nitrogens is 2. The summed E-state index contributed by atoms with van der Waals surface area (Å²) in [6.07, 6.45) is 6.19. The molecule has 0 fully saturated rings. The van der Waals surface area contributed by atoms with E-state index in [1.165, 1.54) is 7.11 Å². The number of carbonyl (C=O) groups excluding carboxylic acids is 1. The number of allylic oxidation sites excluding steroid dienone is 3. The second-order valence-electron chi connectivity index (χ2n) is 3.25. The predicted octanol–water partition coefficient (Wildman–Crippen LogP) is 2.19. The first-order valence-corrected chi connectivity index (χ1v) is 5.10. The van der Waals surface area contributed by atoms with Crippen LogP contribution in [0.5, 0.6) is 0 Å². The highest BCUT2D eigenvalue weighted by atomic mass is 16.5. The lowest BCUT2D eigenvalue weighted by Crippen LogP contribution is -2.12. The van der Waals surface area contributed by atoms with E-state index >= 15 is 0 Å². The quantitative estimate of drug-likeness (QED) is 0.564. The van der Waals surface area contributed by atoms with Crippen LogP contribution < -0.4 is 0 Å². The smallest absolute Gasteiger partial charge is 0.356 e. The van der Waals surface area contributed by atoms with E-state index in [1.807, 2.05) is 13.0 Å². The van der Waals surface area contributed by atoms with Gasteiger partial charge in [0.15, 0.2) is 0 Å². The van der Waals surface area contributed by atoms with Gasteiger partial charge in [-0.1, -0.05) is 24.3 Å². The Kier molecular flexibility index (Phi) is 4.51. The highest BCUT2D eigenvalue weighted by Crippen LogP contribution is 2.07. The zero-order valence-electron chi connectivity index (χ0n) is 9.64. The van der Waals surface area contributed by atoms with E-state index in [0.717, 1.165) is 12.0 Å². The summed E-state index contributed by atoms with van der Waals surface area (Å²) in [4.78, 5) is 11.4. The highest BCUT2D eigenvalue weighted by Gasteiger charge is 2.11. The number of ether oxygens (including phenoxy) is 1. The minimum atomic E-state index is -0.363. The Morgan fingerprint density at radius 1 is 1.69 bits per heavy atom. The van der Waals surface area contributed by atoms with Crippen LogP contribution in [0.3, 0.4) is 0 Å². The molecular formula is C12H16N2O2. The molecule has 1 aromatic heterocycles. The topological polar surface area (TPSA) is 44.1 Å². The first kappa shape index (κ1) is 12.2. The van der Waals surface area contributed by atoms with E-state index in [2.05, 4.69) is 16.4 Å². The Labute approximate surface area is 95.2 Å². The molecule has 1 aromatic rings. The van der Waals surface area contributed by atoms with Gasteiger partial charge < -0.3 is 4.74 Å². The Morgan fingerprint density at radius 3 is 3.00 bits per heavy atom. The van der Waals surface area contributed by atoms with Crippen LogP contribution in [0.15, 0.2) is 36.6 Å². The third-order valence-electron chi connectivity index (χ3n) is 2.36. The van der Waals surface area contributed by atoms with Crippen molar-refractivity contribution >= 4 is 5.97 Å². The van der Waals surface area contributed by atoms with Crippen molar-refractivity contribution in [2.45, 2.75) is 19.9 Å². The molecule has 0 amide bonds. The van der Waals surface area contributed by atoms with Crippen molar-refractivity contribution in [2.24, 2.45) is 0 Å². The molecule has 86 valence electrons. The van der Waals surface area contributed by atoms with Crippen LogP contribution in [-0.2, 0) is 11.3 Å². The van der Waals surface area contributed by atoms with E-state index in [0.29, 0.717) is 12.2 Å². The number of hydrogen-bond acceptors (Lipinski definition) is 3. The SMILES string of the molecule is C=C/C(=C\C)CCn1nccc1C(=O)OC. The van der Waals surface area contributed by atoms with E-state index in [-0.39, 0.29) is 5.97 Å². The van der Waals surface area contributed by atoms with Crippen molar-refractivity contribution in [2.75, 3.05) is 7.11 Å². The number of rotatable bonds is 5. The third kappa shape index (κ3) is 2.82. The van der Waals surface area contributed by atoms with Gasteiger partial charge in [-0.05, 0) is 19.4 Å². The third-order valence-corrected chi connectivity index (χ3v) is 2.36. The molecule has 0 aromatic carbocycles. The lowest BCUT2D eigenvalue weighted by atomic mass is 10.2. The molecule has 1 heterocycles. The minimum Gasteiger partial charge on any atom is -0.464 e. The number of nitrogens with zero attached hydrogens (tertiary/aromatic N) is 2. The average molecular weight is 220 g/mol. The number of aryl methyl sites for hydroxylation is 1. The van der Waals surface area contributed by atoms with Crippen LogP contribution in [0.2, 0.25) is 0 Å². The second kappa shape index (κ2) is 5.90. The standard InChI is InChI=1S/C12H16N2O2/c1-4-10(5-2)7-9-14-11(6-8-13-14)12(15)16-3/h4-6,8H,1,7,9H2,2-3H3/b10-5+. The Morgan fingerprint density at radius 2 is 2.44 bits per heavy atom. The molecule has 0 N–H and O–H groups in total. The Bertz CT molecular complexity index is 405. The molecule has 0 spiro atoms. The summed E-state index contributed by atoms with van der Waals surface area (Å²) in [6, 6.07) is 1.65. The molecule has 4 nitrogen and oxygen atoms in total. The van der Waals surface area contributed by atoms with E-state index in [9.17, 15) is 4.79 Å². The molecule has 1 rings (SSSR count). The monoisotopic (exact) mass is 220 g/mol. The minimum absolute atomic E-state index is 0.363. The summed E-state index contributed by atoms with van der Waals surface area (Å²) in [7, 11) is 1.36. The summed E-state index contributed by atoms with van der Waals surface area (Å²) < 4.78 is 6.30. The van der Waals surface area contributed by atoms with Crippen molar-refractivity contribution in [3.05, 3.63) is 42.3 Å². The van der Waals surface area contributed by atoms with Gasteiger partial charge in [0.1, 0.15) is 5.69 Å². The van der Waals surface area contributed by atoms with Crippen LogP contribution in [0.4, 0.5) is 0 Å². The number of esters is 1. The van der Waals surface area contributed by atoms with Gasteiger partial charge >= 0.3 is 5.97 Å². The van der Waals surface area contributed by atoms with Gasteiger partial charge in [0.2, 0.25) is 0 Å². The highest BCUT2D eigenvalue weighted by molar-refractivity contribution is 5.87. The molecule has 0 saturated carbocycles. The first-order chi connectivity index (χ1) is 7.72. The number of carbonyl (C=O) groups is 1. The molecule has 0 radical (unpaired) electrons. The molecule has 0 unspecified atom stereocenters. The summed E-state index contributed by atoms with van der Waals surface area (Å²) in [6.45, 7) is 6.32. The van der Waals surface area contributed by atoms with Crippen molar-refractivity contribution in [1.29, 1.82) is 0 Å². The lowest BCUT2D eigenvalue weighted by molar-refractivity contribution is 0.0586. The van der Waals surface area contributed by atoms with E-state index in [4.69, 9.17) is 0 Å². The van der Waals surface area contributed by atoms with Crippen molar-refractivity contribution in [1.82, 2.24) is 9.78 Å². The van der Waals surface area contributed by atoms with Crippen LogP contribution in [-0.4, -0.2) is 22.9 Å². The lowest BCUT2D eigenvalue weighted by Gasteiger charge is -2.06. The van der Waals surface area contributed by atoms with Gasteiger partial charge in [-0.15, -0.1) is 0 Å². The van der Waals surface area contributed by atoms with Crippen LogP contribution in [0.1, 0.15) is 23.8 Å². The largest absolute Gasteiger partial charge is 0.464 e. The molecule has 0 aliphatic carbocycles. The molecular weight excluding hydrogens is 204 g/mol. The van der Waals surface area contributed by atoms with Gasteiger partial charge in [-0.3, -0.25) is 4.68 Å². The number of methoxy groups -OCH3 is 1. The van der Waals surface area contributed by atoms with Gasteiger partial charge in [0, 0.05) is 12.7 Å². The fourth-order valence-corrected chi connectivity index (χ4v) is 1.39. The van der Waals surface area contributed by atoms with Crippen molar-refractivity contribution < 1.29 is 9.53 Å². The van der Waals surface area contributed by atoms with Crippen LogP contribution in [0.25, 0.3) is 0 Å². The normalized spacial score (nSPS) is 11.2. The second-order valence-corrected chi connectivity index (χ2v) is 3.25. The fraction of sp³-hybridized carbons (Fsp3) is 0.333. The van der Waals surface area contributed by atoms with Gasteiger partial charge in [0.25, 0.3) is 0 Å². The van der Waals surface area contributed by atoms with Crippen LogP contribution in [0, 0.1) is 0 Å². The maximum atomic E-state index is 11.4. The predicted molar refractivity (Wildman–Crippen MR) is 62.1 cm³/mol. The zero-order chi connectivity index (χ0) is 12.0. The molecule has 16 heavy (non-hydrogen) atoms. The maximum absolute atomic E-state index is 11.4. The molecule has 0 aliphatic heterocycles. The molecule has 0 aliphatic rings. The summed E-state index contributed by atoms with van der Waals surface area (Å²) in [5.74, 6) is -0.363. The fourth-order valence-electron chi connectivity index (χ4n) is 1.39. The molecule has 4 heteroatoms. The molecule has 0 bridgehead atoms. The summed E-state index contributed by atoms with van der Waals surface area (Å²) in [5, 5.41) is 4.08. The first-order valence-electron chi connectivity index (χ1n) is 5.10. The maximum Gasteiger partial charge on any atom is 0.356 e. The molecule has 0 saturated heterocycles. The van der Waals surface area contributed by atoms with Gasteiger partial charge in [-0.25, -0.2) is 4.79 Å². The van der Waals surface area contributed by atoms with Gasteiger partial charge in [-0.2, -0.15) is 5.10 Å². The van der Waals surface area contributed by atoms with E-state index < -0.39 is 0 Å². The molecule has 0 atom stereocenters. The summed E-state index contributed by atoms with van der Waals surface area (Å²) >= 11 is 0. The average Bonchev–Trinajstić information content (AvgIpc) is 2.77. The van der Waals surface area contributed by atoms with Gasteiger partial charge in [0.05, 0.1) is 7.11 Å². The van der Waals surface area contributed by atoms with E-state index in [1.54, 1.807) is 23.0 Å².